The number of halogens is 6. The summed E-state index contributed by atoms with van der Waals surface area (Å²) in [5.74, 6) is 0.530. The van der Waals surface area contributed by atoms with Crippen LogP contribution in [0.1, 0.15) is 31.3 Å². The minimum Gasteiger partial charge on any atom is -0.338 e. The Morgan fingerprint density at radius 2 is 1.33 bits per heavy atom. The van der Waals surface area contributed by atoms with Gasteiger partial charge in [-0.2, -0.15) is 26.3 Å². The van der Waals surface area contributed by atoms with Gasteiger partial charge in [-0.25, -0.2) is 34.9 Å². The van der Waals surface area contributed by atoms with E-state index in [4.69, 9.17) is 0 Å². The molecule has 0 saturated carbocycles. The second kappa shape index (κ2) is 13.5. The molecule has 0 amide bonds. The van der Waals surface area contributed by atoms with E-state index in [1.165, 1.54) is 24.8 Å². The molecule has 55 heavy (non-hydrogen) atoms. The van der Waals surface area contributed by atoms with Crippen LogP contribution in [-0.2, 0) is 12.4 Å². The van der Waals surface area contributed by atoms with Crippen molar-refractivity contribution in [1.29, 1.82) is 0 Å². The number of benzene rings is 2. The molecule has 0 bridgehead atoms. The number of imidazole rings is 2. The largest absolute Gasteiger partial charge is 0.433 e. The third kappa shape index (κ3) is 7.08. The molecule has 18 heteroatoms. The molecule has 2 aromatic carbocycles. The van der Waals surface area contributed by atoms with Crippen molar-refractivity contribution in [2.75, 3.05) is 10.6 Å². The number of alkyl halides is 6. The molecule has 0 atom stereocenters. The summed E-state index contributed by atoms with van der Waals surface area (Å²) in [6, 6.07) is 20.2. The number of anilines is 4. The fourth-order valence-corrected chi connectivity index (χ4v) is 5.81. The van der Waals surface area contributed by atoms with E-state index in [-0.39, 0.29) is 45.8 Å². The molecular weight excluding hydrogens is 726 g/mol. The number of aromatic amines is 1. The zero-order valence-corrected chi connectivity index (χ0v) is 28.6. The van der Waals surface area contributed by atoms with E-state index in [0.717, 1.165) is 23.9 Å². The van der Waals surface area contributed by atoms with E-state index in [1.807, 2.05) is 44.2 Å². The molecule has 0 aliphatic carbocycles. The highest BCUT2D eigenvalue weighted by Crippen LogP contribution is 2.37. The van der Waals surface area contributed by atoms with Gasteiger partial charge in [0.15, 0.2) is 45.6 Å². The molecule has 6 aromatic heterocycles. The van der Waals surface area contributed by atoms with Crippen LogP contribution in [0.3, 0.4) is 0 Å². The Labute approximate surface area is 306 Å². The number of hydrogen-bond donors (Lipinski definition) is 3. The summed E-state index contributed by atoms with van der Waals surface area (Å²) < 4.78 is 85.4. The Morgan fingerprint density at radius 1 is 0.618 bits per heavy atom. The lowest BCUT2D eigenvalue weighted by molar-refractivity contribution is -0.141. The first-order valence-corrected chi connectivity index (χ1v) is 16.6. The van der Waals surface area contributed by atoms with Crippen molar-refractivity contribution in [2.45, 2.75) is 32.2 Å². The van der Waals surface area contributed by atoms with E-state index in [2.05, 4.69) is 55.5 Å². The molecule has 0 aliphatic heterocycles. The monoisotopic (exact) mass is 752 g/mol. The van der Waals surface area contributed by atoms with Crippen molar-refractivity contribution in [3.8, 4) is 34.0 Å². The van der Waals surface area contributed by atoms with Crippen LogP contribution >= 0.6 is 0 Å². The van der Waals surface area contributed by atoms with Gasteiger partial charge in [0.25, 0.3) is 0 Å². The normalized spacial score (nSPS) is 12.2. The van der Waals surface area contributed by atoms with Gasteiger partial charge in [-0.3, -0.25) is 4.98 Å². The summed E-state index contributed by atoms with van der Waals surface area (Å²) in [5.41, 5.74) is 0.498. The number of hydrogen-bond acceptors (Lipinski definition) is 10. The van der Waals surface area contributed by atoms with E-state index in [9.17, 15) is 26.3 Å². The molecular formula is C37H26F6N12. The average Bonchev–Trinajstić information content (AvgIpc) is 3.83. The van der Waals surface area contributed by atoms with Gasteiger partial charge in [0.2, 0.25) is 0 Å². The summed E-state index contributed by atoms with van der Waals surface area (Å²) in [4.78, 5) is 37.3. The minimum atomic E-state index is -4.86. The highest BCUT2D eigenvalue weighted by molar-refractivity contribution is 5.89. The fraction of sp³-hybridized carbons (Fsp3) is 0.135. The highest BCUT2D eigenvalue weighted by atomic mass is 19.4. The van der Waals surface area contributed by atoms with Gasteiger partial charge in [-0.05, 0) is 61.4 Å². The number of nitrogens with zero attached hydrogens (tertiary/aromatic N) is 9. The Bertz CT molecular complexity index is 2690. The molecule has 276 valence electrons. The molecule has 8 aromatic rings. The maximum Gasteiger partial charge on any atom is 0.433 e. The SMILES string of the molecule is CC(C)n1cnc2c(Nc3ccnc(C(F)(F)F)c3)nc(-c3cc(-c4cccc(Nc5nc(-c6ccccc6)nc6[nH]cnc56)c4)cc(C(F)(F)F)n3)nc21. The van der Waals surface area contributed by atoms with E-state index in [0.29, 0.717) is 34.1 Å². The third-order valence-electron chi connectivity index (χ3n) is 8.41. The lowest BCUT2D eigenvalue weighted by Crippen LogP contribution is -2.10. The predicted molar refractivity (Wildman–Crippen MR) is 192 cm³/mol. The number of aromatic nitrogens is 10. The summed E-state index contributed by atoms with van der Waals surface area (Å²) >= 11 is 0. The zero-order chi connectivity index (χ0) is 38.5. The van der Waals surface area contributed by atoms with Crippen molar-refractivity contribution in [3.63, 3.8) is 0 Å². The molecule has 0 saturated heterocycles. The molecule has 0 radical (unpaired) electrons. The van der Waals surface area contributed by atoms with Gasteiger partial charge >= 0.3 is 12.4 Å². The minimum absolute atomic E-state index is 0.0268. The fourth-order valence-electron chi connectivity index (χ4n) is 5.81. The van der Waals surface area contributed by atoms with Crippen molar-refractivity contribution in [2.24, 2.45) is 0 Å². The van der Waals surface area contributed by atoms with Crippen molar-refractivity contribution in [3.05, 3.63) is 109 Å². The number of fused-ring (bicyclic) bond motifs is 2. The zero-order valence-electron chi connectivity index (χ0n) is 28.6. The van der Waals surface area contributed by atoms with E-state index in [1.54, 1.807) is 28.8 Å². The van der Waals surface area contributed by atoms with Crippen LogP contribution in [-0.4, -0.2) is 49.4 Å². The Kier molecular flexibility index (Phi) is 8.58. The molecule has 8 rings (SSSR count). The average molecular weight is 753 g/mol. The Hall–Kier alpha value is -6.98. The number of nitrogens with one attached hydrogen (secondary N) is 3. The first kappa shape index (κ1) is 35.1. The quantitative estimate of drug-likeness (QED) is 0.128. The third-order valence-corrected chi connectivity index (χ3v) is 8.41. The Balaban J connectivity index is 1.22. The second-order valence-corrected chi connectivity index (χ2v) is 12.6. The smallest absolute Gasteiger partial charge is 0.338 e. The standard InChI is InChI=1S/C37H26F6N12/c1-19(2)55-18-47-29-34(49-24-11-12-44-26(16-24)36(38,39)40)53-31(54-35(29)55)25-14-22(15-27(50-25)37(41,42)43)21-9-6-10-23(13-21)48-33-28-32(46-17-45-28)51-30(52-33)20-7-4-3-5-8-20/h3-19H,1-2H3,(H,44,49,53,54)(H2,45,46,48,51,52). The van der Waals surface area contributed by atoms with Gasteiger partial charge in [0.05, 0.1) is 12.7 Å². The number of pyridine rings is 2. The molecule has 0 aliphatic rings. The van der Waals surface area contributed by atoms with Crippen LogP contribution in [0.15, 0.2) is 97.7 Å². The van der Waals surface area contributed by atoms with Gasteiger partial charge in [-0.15, -0.1) is 0 Å². The van der Waals surface area contributed by atoms with Crippen LogP contribution in [0.2, 0.25) is 0 Å². The molecule has 0 unspecified atom stereocenters. The topological polar surface area (TPSA) is 148 Å². The summed E-state index contributed by atoms with van der Waals surface area (Å²) in [6.45, 7) is 3.69. The lowest BCUT2D eigenvalue weighted by atomic mass is 10.0. The van der Waals surface area contributed by atoms with Crippen LogP contribution in [0, 0.1) is 0 Å². The van der Waals surface area contributed by atoms with Gasteiger partial charge in [0.1, 0.15) is 17.1 Å². The summed E-state index contributed by atoms with van der Waals surface area (Å²) in [7, 11) is 0. The first-order valence-electron chi connectivity index (χ1n) is 16.6. The molecule has 6 heterocycles. The Morgan fingerprint density at radius 3 is 2.07 bits per heavy atom. The lowest BCUT2D eigenvalue weighted by Gasteiger charge is -2.14. The van der Waals surface area contributed by atoms with Gasteiger partial charge in [0, 0.05) is 29.2 Å². The van der Waals surface area contributed by atoms with Crippen LogP contribution in [0.4, 0.5) is 49.4 Å². The van der Waals surface area contributed by atoms with Crippen LogP contribution in [0.5, 0.6) is 0 Å². The first-order chi connectivity index (χ1) is 26.3. The van der Waals surface area contributed by atoms with Crippen LogP contribution in [0.25, 0.3) is 56.4 Å². The maximum atomic E-state index is 14.5. The molecule has 0 fully saturated rings. The number of H-pyrrole nitrogens is 1. The van der Waals surface area contributed by atoms with Gasteiger partial charge < -0.3 is 20.2 Å². The van der Waals surface area contributed by atoms with Crippen molar-refractivity contribution in [1.82, 2.24) is 49.4 Å². The summed E-state index contributed by atoms with van der Waals surface area (Å²) in [5, 5.41) is 6.06. The van der Waals surface area contributed by atoms with Crippen molar-refractivity contribution < 1.29 is 26.3 Å². The van der Waals surface area contributed by atoms with Crippen molar-refractivity contribution >= 4 is 45.3 Å². The highest BCUT2D eigenvalue weighted by Gasteiger charge is 2.34. The molecule has 3 N–H and O–H groups in total. The second-order valence-electron chi connectivity index (χ2n) is 12.6. The molecule has 0 spiro atoms. The van der Waals surface area contributed by atoms with Crippen LogP contribution < -0.4 is 10.6 Å². The summed E-state index contributed by atoms with van der Waals surface area (Å²) in [6.07, 6.45) is -5.66. The van der Waals surface area contributed by atoms with E-state index < -0.39 is 23.7 Å². The van der Waals surface area contributed by atoms with E-state index >= 15 is 0 Å². The molecule has 12 nitrogen and oxygen atoms in total. The van der Waals surface area contributed by atoms with Gasteiger partial charge in [-0.1, -0.05) is 42.5 Å². The number of rotatable bonds is 8. The predicted octanol–water partition coefficient (Wildman–Crippen LogP) is 9.39. The maximum absolute atomic E-state index is 14.5.